The molecule has 17 heavy (non-hydrogen) atoms. The van der Waals surface area contributed by atoms with Gasteiger partial charge in [0, 0.05) is 24.1 Å². The van der Waals surface area contributed by atoms with Crippen LogP contribution in [0.3, 0.4) is 0 Å². The van der Waals surface area contributed by atoms with E-state index in [4.69, 9.17) is 4.74 Å². The fourth-order valence-electron chi connectivity index (χ4n) is 2.55. The quantitative estimate of drug-likeness (QED) is 0.837. The van der Waals surface area contributed by atoms with E-state index in [0.717, 1.165) is 18.8 Å². The zero-order chi connectivity index (χ0) is 12.1. The lowest BCUT2D eigenvalue weighted by molar-refractivity contribution is 0.240. The molecule has 0 saturated carbocycles. The van der Waals surface area contributed by atoms with E-state index >= 15 is 0 Å². The lowest BCUT2D eigenvalue weighted by Gasteiger charge is -2.30. The van der Waals surface area contributed by atoms with Gasteiger partial charge in [0.15, 0.2) is 0 Å². The molecular weight excluding hydrogens is 210 g/mol. The number of ether oxygens (including phenoxy) is 1. The maximum atomic E-state index is 5.69. The van der Waals surface area contributed by atoms with Gasteiger partial charge in [0.25, 0.3) is 0 Å². The van der Waals surface area contributed by atoms with E-state index in [9.17, 15) is 0 Å². The maximum absolute atomic E-state index is 5.69. The summed E-state index contributed by atoms with van der Waals surface area (Å²) in [6.45, 7) is 5.35. The average molecular weight is 233 g/mol. The number of nitrogens with one attached hydrogen (secondary N) is 1. The third-order valence-electron chi connectivity index (χ3n) is 3.53. The first kappa shape index (κ1) is 12.4. The van der Waals surface area contributed by atoms with Crippen molar-refractivity contribution in [3.8, 4) is 5.75 Å². The lowest BCUT2D eigenvalue weighted by atomic mass is 9.98. The third kappa shape index (κ3) is 3.01. The molecule has 1 heterocycles. The number of rotatable bonds is 5. The predicted octanol–water partition coefficient (Wildman–Crippen LogP) is 3.68. The van der Waals surface area contributed by atoms with Gasteiger partial charge in [0.05, 0.1) is 6.61 Å². The molecule has 2 atom stereocenters. The van der Waals surface area contributed by atoms with E-state index in [-0.39, 0.29) is 0 Å². The topological polar surface area (TPSA) is 21.3 Å². The van der Waals surface area contributed by atoms with Gasteiger partial charge in [-0.2, -0.15) is 0 Å². The molecule has 0 fully saturated rings. The van der Waals surface area contributed by atoms with E-state index in [2.05, 4.69) is 37.4 Å². The Morgan fingerprint density at radius 3 is 2.94 bits per heavy atom. The van der Waals surface area contributed by atoms with Crippen molar-refractivity contribution in [1.82, 2.24) is 5.32 Å². The normalized spacial score (nSPS) is 20.5. The Morgan fingerprint density at radius 1 is 1.35 bits per heavy atom. The highest BCUT2D eigenvalue weighted by Crippen LogP contribution is 2.32. The summed E-state index contributed by atoms with van der Waals surface area (Å²) in [6, 6.07) is 9.51. The standard InChI is InChI=1S/C15H23NO/c1-3-7-12(4-2)16-14-10-11-17-15-9-6-5-8-13(14)15/h5-6,8-9,12,14,16H,3-4,7,10-11H2,1-2H3. The summed E-state index contributed by atoms with van der Waals surface area (Å²) in [6.07, 6.45) is 4.79. The highest BCUT2D eigenvalue weighted by atomic mass is 16.5. The van der Waals surface area contributed by atoms with Crippen LogP contribution in [0.2, 0.25) is 0 Å². The Labute approximate surface area is 104 Å². The molecule has 1 N–H and O–H groups in total. The molecule has 1 aliphatic heterocycles. The number of hydrogen-bond acceptors (Lipinski definition) is 2. The smallest absolute Gasteiger partial charge is 0.124 e. The van der Waals surface area contributed by atoms with Gasteiger partial charge in [-0.05, 0) is 18.9 Å². The molecule has 0 aromatic heterocycles. The summed E-state index contributed by atoms with van der Waals surface area (Å²) in [5.74, 6) is 1.06. The molecule has 1 aromatic rings. The van der Waals surface area contributed by atoms with Crippen LogP contribution < -0.4 is 10.1 Å². The fourth-order valence-corrected chi connectivity index (χ4v) is 2.55. The predicted molar refractivity (Wildman–Crippen MR) is 71.4 cm³/mol. The second-order valence-electron chi connectivity index (χ2n) is 4.79. The molecule has 0 aliphatic carbocycles. The molecule has 94 valence electrons. The Bertz CT molecular complexity index is 351. The van der Waals surface area contributed by atoms with Crippen molar-refractivity contribution in [2.75, 3.05) is 6.61 Å². The van der Waals surface area contributed by atoms with Gasteiger partial charge in [-0.25, -0.2) is 0 Å². The highest BCUT2D eigenvalue weighted by molar-refractivity contribution is 5.37. The molecular formula is C15H23NO. The van der Waals surface area contributed by atoms with Crippen molar-refractivity contribution in [2.24, 2.45) is 0 Å². The molecule has 0 saturated heterocycles. The van der Waals surface area contributed by atoms with Gasteiger partial charge in [0.1, 0.15) is 5.75 Å². The van der Waals surface area contributed by atoms with Crippen molar-refractivity contribution >= 4 is 0 Å². The maximum Gasteiger partial charge on any atom is 0.124 e. The molecule has 2 nitrogen and oxygen atoms in total. The second kappa shape index (κ2) is 6.06. The van der Waals surface area contributed by atoms with Crippen LogP contribution >= 0.6 is 0 Å². The van der Waals surface area contributed by atoms with Gasteiger partial charge < -0.3 is 10.1 Å². The summed E-state index contributed by atoms with van der Waals surface area (Å²) >= 11 is 0. The Balaban J connectivity index is 2.07. The Morgan fingerprint density at radius 2 is 2.18 bits per heavy atom. The van der Waals surface area contributed by atoms with Crippen LogP contribution in [0.5, 0.6) is 5.75 Å². The summed E-state index contributed by atoms with van der Waals surface area (Å²) in [5, 5.41) is 3.78. The molecule has 1 aliphatic rings. The zero-order valence-corrected chi connectivity index (χ0v) is 10.9. The van der Waals surface area contributed by atoms with Gasteiger partial charge >= 0.3 is 0 Å². The monoisotopic (exact) mass is 233 g/mol. The van der Waals surface area contributed by atoms with Crippen LogP contribution in [0.1, 0.15) is 51.1 Å². The van der Waals surface area contributed by atoms with E-state index in [1.54, 1.807) is 0 Å². The third-order valence-corrected chi connectivity index (χ3v) is 3.53. The SMILES string of the molecule is CCCC(CC)NC1CCOc2ccccc21. The van der Waals surface area contributed by atoms with Gasteiger partial charge in [0.2, 0.25) is 0 Å². The van der Waals surface area contributed by atoms with Gasteiger partial charge in [-0.1, -0.05) is 38.5 Å². The number of fused-ring (bicyclic) bond motifs is 1. The van der Waals surface area contributed by atoms with Crippen molar-refractivity contribution in [2.45, 2.75) is 51.6 Å². The minimum absolute atomic E-state index is 0.469. The van der Waals surface area contributed by atoms with Crippen LogP contribution in [-0.2, 0) is 0 Å². The van der Waals surface area contributed by atoms with E-state index in [1.165, 1.54) is 24.8 Å². The molecule has 2 unspecified atom stereocenters. The van der Waals surface area contributed by atoms with Crippen LogP contribution in [0.25, 0.3) is 0 Å². The molecule has 2 rings (SSSR count). The first-order chi connectivity index (χ1) is 8.35. The van der Waals surface area contributed by atoms with Crippen molar-refractivity contribution in [3.63, 3.8) is 0 Å². The molecule has 1 aromatic carbocycles. The van der Waals surface area contributed by atoms with Crippen LogP contribution in [0.15, 0.2) is 24.3 Å². The van der Waals surface area contributed by atoms with Crippen LogP contribution in [0, 0.1) is 0 Å². The number of para-hydroxylation sites is 1. The first-order valence-electron chi connectivity index (χ1n) is 6.83. The molecule has 0 radical (unpaired) electrons. The fraction of sp³-hybridized carbons (Fsp3) is 0.600. The Hall–Kier alpha value is -1.02. The minimum atomic E-state index is 0.469. The summed E-state index contributed by atoms with van der Waals surface area (Å²) < 4.78 is 5.69. The molecule has 0 spiro atoms. The first-order valence-corrected chi connectivity index (χ1v) is 6.83. The van der Waals surface area contributed by atoms with Crippen LogP contribution in [0.4, 0.5) is 0 Å². The molecule has 0 amide bonds. The summed E-state index contributed by atoms with van der Waals surface area (Å²) in [5.41, 5.74) is 1.33. The number of hydrogen-bond donors (Lipinski definition) is 1. The largest absolute Gasteiger partial charge is 0.493 e. The molecule has 2 heteroatoms. The number of benzene rings is 1. The van der Waals surface area contributed by atoms with Crippen molar-refractivity contribution in [1.29, 1.82) is 0 Å². The Kier molecular flexibility index (Phi) is 4.43. The highest BCUT2D eigenvalue weighted by Gasteiger charge is 2.22. The lowest BCUT2D eigenvalue weighted by Crippen LogP contribution is -2.35. The van der Waals surface area contributed by atoms with E-state index in [1.807, 2.05) is 6.07 Å². The second-order valence-corrected chi connectivity index (χ2v) is 4.79. The molecule has 0 bridgehead atoms. The average Bonchev–Trinajstić information content (AvgIpc) is 2.38. The zero-order valence-electron chi connectivity index (χ0n) is 10.9. The van der Waals surface area contributed by atoms with Gasteiger partial charge in [-0.3, -0.25) is 0 Å². The van der Waals surface area contributed by atoms with Crippen molar-refractivity contribution in [3.05, 3.63) is 29.8 Å². The summed E-state index contributed by atoms with van der Waals surface area (Å²) in [7, 11) is 0. The van der Waals surface area contributed by atoms with Gasteiger partial charge in [-0.15, -0.1) is 0 Å². The van der Waals surface area contributed by atoms with E-state index < -0.39 is 0 Å². The summed E-state index contributed by atoms with van der Waals surface area (Å²) in [4.78, 5) is 0. The van der Waals surface area contributed by atoms with E-state index in [0.29, 0.717) is 12.1 Å². The minimum Gasteiger partial charge on any atom is -0.493 e. The van der Waals surface area contributed by atoms with Crippen LogP contribution in [-0.4, -0.2) is 12.6 Å². The van der Waals surface area contributed by atoms with Crippen molar-refractivity contribution < 1.29 is 4.74 Å².